The Morgan fingerprint density at radius 3 is 2.14 bits per heavy atom. The molecule has 3 unspecified atom stereocenters. The van der Waals surface area contributed by atoms with E-state index in [0.717, 1.165) is 29.6 Å². The molecule has 3 rings (SSSR count). The topological polar surface area (TPSA) is 35.5 Å². The molecule has 2 aromatic rings. The first-order chi connectivity index (χ1) is 14.2. The normalized spacial score (nSPS) is 21.8. The molecule has 0 aliphatic carbocycles. The summed E-state index contributed by atoms with van der Waals surface area (Å²) >= 11 is 0. The summed E-state index contributed by atoms with van der Waals surface area (Å²) in [4.78, 5) is 10.8. The Labute approximate surface area is 175 Å². The molecular weight excluding hydrogens is 360 g/mol. The summed E-state index contributed by atoms with van der Waals surface area (Å²) < 4.78 is 12.3. The summed E-state index contributed by atoms with van der Waals surface area (Å²) in [5.74, 6) is 0.494. The van der Waals surface area contributed by atoms with E-state index in [0.29, 0.717) is 11.5 Å². The Kier molecular flexibility index (Phi) is 8.45. The van der Waals surface area contributed by atoms with Crippen LogP contribution in [0.5, 0.6) is 0 Å². The molecule has 0 saturated carbocycles. The van der Waals surface area contributed by atoms with Crippen molar-refractivity contribution in [3.05, 3.63) is 59.7 Å². The summed E-state index contributed by atoms with van der Waals surface area (Å²) in [5.41, 5.74) is 3.97. The molecule has 0 N–H and O–H groups in total. The maximum atomic E-state index is 10.8. The molecule has 0 spiro atoms. The van der Waals surface area contributed by atoms with Crippen molar-refractivity contribution in [3.63, 3.8) is 0 Å². The van der Waals surface area contributed by atoms with E-state index in [1.807, 2.05) is 24.3 Å². The zero-order valence-electron chi connectivity index (χ0n) is 17.8. The fourth-order valence-corrected chi connectivity index (χ4v) is 3.96. The van der Waals surface area contributed by atoms with Crippen molar-refractivity contribution in [2.45, 2.75) is 71.2 Å². The van der Waals surface area contributed by atoms with Gasteiger partial charge in [0.2, 0.25) is 0 Å². The number of benzene rings is 2. The van der Waals surface area contributed by atoms with E-state index in [4.69, 9.17) is 9.47 Å². The van der Waals surface area contributed by atoms with E-state index >= 15 is 0 Å². The third-order valence-corrected chi connectivity index (χ3v) is 5.96. The fourth-order valence-electron chi connectivity index (χ4n) is 3.96. The quantitative estimate of drug-likeness (QED) is 0.322. The first-order valence-electron chi connectivity index (χ1n) is 11.1. The molecule has 1 heterocycles. The SMILES string of the molecule is CCCCCCCCC1COC(c2ccc(-c3ccc(C=O)cc3)cc2)OC1C. The summed E-state index contributed by atoms with van der Waals surface area (Å²) in [7, 11) is 0. The van der Waals surface area contributed by atoms with Gasteiger partial charge in [-0.3, -0.25) is 4.79 Å². The van der Waals surface area contributed by atoms with Gasteiger partial charge in [0.25, 0.3) is 0 Å². The smallest absolute Gasteiger partial charge is 0.184 e. The average Bonchev–Trinajstić information content (AvgIpc) is 2.77. The van der Waals surface area contributed by atoms with E-state index in [2.05, 4.69) is 38.1 Å². The van der Waals surface area contributed by atoms with Crippen LogP contribution in [-0.4, -0.2) is 19.0 Å². The van der Waals surface area contributed by atoms with Gasteiger partial charge < -0.3 is 9.47 Å². The Morgan fingerprint density at radius 1 is 0.897 bits per heavy atom. The Balaban J connectivity index is 1.48. The minimum atomic E-state index is -0.280. The molecule has 1 saturated heterocycles. The van der Waals surface area contributed by atoms with Crippen molar-refractivity contribution >= 4 is 6.29 Å². The summed E-state index contributed by atoms with van der Waals surface area (Å²) in [6, 6.07) is 16.0. The lowest BCUT2D eigenvalue weighted by Gasteiger charge is -2.35. The molecule has 0 amide bonds. The molecule has 1 aliphatic heterocycles. The number of unbranched alkanes of at least 4 members (excludes halogenated alkanes) is 5. The van der Waals surface area contributed by atoms with Gasteiger partial charge in [-0.25, -0.2) is 0 Å². The molecule has 0 radical (unpaired) electrons. The molecule has 1 fully saturated rings. The Hall–Kier alpha value is -1.97. The molecular formula is C26H34O3. The van der Waals surface area contributed by atoms with Crippen molar-refractivity contribution < 1.29 is 14.3 Å². The molecule has 0 aromatic heterocycles. The number of carbonyl (C=O) groups is 1. The van der Waals surface area contributed by atoms with Gasteiger partial charge in [0, 0.05) is 17.0 Å². The molecule has 1 aliphatic rings. The van der Waals surface area contributed by atoms with E-state index < -0.39 is 0 Å². The summed E-state index contributed by atoms with van der Waals surface area (Å²) in [5, 5.41) is 0. The molecule has 3 nitrogen and oxygen atoms in total. The lowest BCUT2D eigenvalue weighted by molar-refractivity contribution is -0.237. The predicted molar refractivity (Wildman–Crippen MR) is 118 cm³/mol. The first kappa shape index (κ1) is 21.7. The van der Waals surface area contributed by atoms with E-state index in [1.54, 1.807) is 0 Å². The number of hydrogen-bond acceptors (Lipinski definition) is 3. The fraction of sp³-hybridized carbons (Fsp3) is 0.500. The van der Waals surface area contributed by atoms with Crippen molar-refractivity contribution in [1.82, 2.24) is 0 Å². The highest BCUT2D eigenvalue weighted by Crippen LogP contribution is 2.32. The molecule has 3 atom stereocenters. The highest BCUT2D eigenvalue weighted by molar-refractivity contribution is 5.76. The number of carbonyl (C=O) groups excluding carboxylic acids is 1. The molecule has 156 valence electrons. The molecule has 2 aromatic carbocycles. The van der Waals surface area contributed by atoms with Crippen molar-refractivity contribution in [2.75, 3.05) is 6.61 Å². The van der Waals surface area contributed by atoms with Crippen LogP contribution in [0.25, 0.3) is 11.1 Å². The predicted octanol–water partition coefficient (Wildman–Crippen LogP) is 6.97. The Morgan fingerprint density at radius 2 is 1.52 bits per heavy atom. The zero-order valence-corrected chi connectivity index (χ0v) is 17.8. The lowest BCUT2D eigenvalue weighted by atomic mass is 9.95. The average molecular weight is 395 g/mol. The van der Waals surface area contributed by atoms with Crippen LogP contribution >= 0.6 is 0 Å². The third kappa shape index (κ3) is 6.25. The van der Waals surface area contributed by atoms with Crippen molar-refractivity contribution in [3.8, 4) is 11.1 Å². The van der Waals surface area contributed by atoms with Crippen LogP contribution in [0.3, 0.4) is 0 Å². The van der Waals surface area contributed by atoms with E-state index in [1.165, 1.54) is 44.9 Å². The van der Waals surface area contributed by atoms with Gasteiger partial charge >= 0.3 is 0 Å². The van der Waals surface area contributed by atoms with Crippen LogP contribution in [0.1, 0.15) is 81.0 Å². The summed E-state index contributed by atoms with van der Waals surface area (Å²) in [6.07, 6.45) is 9.97. The summed E-state index contributed by atoms with van der Waals surface area (Å²) in [6.45, 7) is 5.21. The van der Waals surface area contributed by atoms with Crippen molar-refractivity contribution in [1.29, 1.82) is 0 Å². The van der Waals surface area contributed by atoms with Crippen LogP contribution < -0.4 is 0 Å². The molecule has 29 heavy (non-hydrogen) atoms. The van der Waals surface area contributed by atoms with Crippen LogP contribution in [0.2, 0.25) is 0 Å². The number of hydrogen-bond donors (Lipinski definition) is 0. The number of ether oxygens (including phenoxy) is 2. The maximum Gasteiger partial charge on any atom is 0.184 e. The second kappa shape index (κ2) is 11.3. The minimum Gasteiger partial charge on any atom is -0.348 e. The third-order valence-electron chi connectivity index (χ3n) is 5.96. The second-order valence-electron chi connectivity index (χ2n) is 8.18. The van der Waals surface area contributed by atoms with Gasteiger partial charge in [-0.1, -0.05) is 94.0 Å². The highest BCUT2D eigenvalue weighted by atomic mass is 16.7. The standard InChI is InChI=1S/C26H34O3/c1-3-4-5-6-7-8-9-25-19-28-26(29-20(25)2)24-16-14-23(15-17-24)22-12-10-21(18-27)11-13-22/h10-18,20,25-26H,3-9,19H2,1-2H3. The maximum absolute atomic E-state index is 10.8. The van der Waals surface area contributed by atoms with Crippen LogP contribution in [0.15, 0.2) is 48.5 Å². The van der Waals surface area contributed by atoms with E-state index in [-0.39, 0.29) is 12.4 Å². The lowest BCUT2D eigenvalue weighted by Crippen LogP contribution is -2.34. The molecule has 0 bridgehead atoms. The number of aldehydes is 1. The van der Waals surface area contributed by atoms with Crippen LogP contribution in [0.4, 0.5) is 0 Å². The highest BCUT2D eigenvalue weighted by Gasteiger charge is 2.29. The van der Waals surface area contributed by atoms with E-state index in [9.17, 15) is 4.79 Å². The van der Waals surface area contributed by atoms with Gasteiger partial charge in [-0.2, -0.15) is 0 Å². The molecule has 3 heteroatoms. The van der Waals surface area contributed by atoms with Crippen LogP contribution in [0, 0.1) is 5.92 Å². The van der Waals surface area contributed by atoms with Gasteiger partial charge in [-0.05, 0) is 24.5 Å². The first-order valence-corrected chi connectivity index (χ1v) is 11.1. The minimum absolute atomic E-state index is 0.222. The van der Waals surface area contributed by atoms with Gasteiger partial charge in [0.1, 0.15) is 6.29 Å². The Bertz CT molecular complexity index is 736. The van der Waals surface area contributed by atoms with Gasteiger partial charge in [0.15, 0.2) is 6.29 Å². The van der Waals surface area contributed by atoms with Crippen molar-refractivity contribution in [2.24, 2.45) is 5.92 Å². The number of rotatable bonds is 10. The van der Waals surface area contributed by atoms with Gasteiger partial charge in [0.05, 0.1) is 12.7 Å². The zero-order chi connectivity index (χ0) is 20.5. The van der Waals surface area contributed by atoms with Gasteiger partial charge in [-0.15, -0.1) is 0 Å². The second-order valence-corrected chi connectivity index (χ2v) is 8.18. The van der Waals surface area contributed by atoms with Crippen LogP contribution in [-0.2, 0) is 9.47 Å². The monoisotopic (exact) mass is 394 g/mol. The largest absolute Gasteiger partial charge is 0.348 e.